The van der Waals surface area contributed by atoms with Crippen LogP contribution in [0.1, 0.15) is 16.7 Å². The molecule has 0 spiro atoms. The molecule has 0 unspecified atom stereocenters. The number of nitrogens with zero attached hydrogens (tertiary/aromatic N) is 2. The van der Waals surface area contributed by atoms with Gasteiger partial charge in [-0.15, -0.1) is 0 Å². The van der Waals surface area contributed by atoms with Crippen molar-refractivity contribution < 1.29 is 9.47 Å². The van der Waals surface area contributed by atoms with Crippen LogP contribution >= 0.6 is 0 Å². The molecule has 6 nitrogen and oxygen atoms in total. The number of anilines is 1. The summed E-state index contributed by atoms with van der Waals surface area (Å²) in [6, 6.07) is 16.9. The van der Waals surface area contributed by atoms with E-state index in [1.165, 1.54) is 21.9 Å². The summed E-state index contributed by atoms with van der Waals surface area (Å²) in [6.45, 7) is 5.56. The SMILES string of the molecule is COc1ccccc1OCCNc1ccc(=O)n(Cc2ccc(C)c(C)c2)n1. The zero-order valence-corrected chi connectivity index (χ0v) is 16.4. The molecule has 2 aromatic carbocycles. The van der Waals surface area contributed by atoms with E-state index in [2.05, 4.69) is 36.4 Å². The van der Waals surface area contributed by atoms with Crippen LogP contribution in [-0.2, 0) is 6.54 Å². The van der Waals surface area contributed by atoms with Gasteiger partial charge in [0, 0.05) is 6.07 Å². The lowest BCUT2D eigenvalue weighted by Crippen LogP contribution is -2.24. The first-order valence-corrected chi connectivity index (χ1v) is 9.21. The zero-order chi connectivity index (χ0) is 19.9. The largest absolute Gasteiger partial charge is 0.493 e. The molecule has 0 aliphatic heterocycles. The summed E-state index contributed by atoms with van der Waals surface area (Å²) in [4.78, 5) is 12.1. The van der Waals surface area contributed by atoms with Crippen molar-refractivity contribution in [1.82, 2.24) is 9.78 Å². The Morgan fingerprint density at radius 3 is 2.54 bits per heavy atom. The summed E-state index contributed by atoms with van der Waals surface area (Å²) in [7, 11) is 1.61. The first-order chi connectivity index (χ1) is 13.6. The van der Waals surface area contributed by atoms with Crippen LogP contribution in [0, 0.1) is 13.8 Å². The van der Waals surface area contributed by atoms with Crippen LogP contribution in [0.25, 0.3) is 0 Å². The molecule has 28 heavy (non-hydrogen) atoms. The van der Waals surface area contributed by atoms with Crippen LogP contribution in [0.5, 0.6) is 11.5 Å². The minimum Gasteiger partial charge on any atom is -0.493 e. The van der Waals surface area contributed by atoms with Gasteiger partial charge in [0.25, 0.3) is 5.56 Å². The van der Waals surface area contributed by atoms with Gasteiger partial charge in [-0.05, 0) is 48.7 Å². The average Bonchev–Trinajstić information content (AvgIpc) is 2.70. The number of benzene rings is 2. The number of para-hydroxylation sites is 2. The lowest BCUT2D eigenvalue weighted by molar-refractivity contribution is 0.305. The van der Waals surface area contributed by atoms with Gasteiger partial charge in [-0.25, -0.2) is 4.68 Å². The van der Waals surface area contributed by atoms with Crippen molar-refractivity contribution in [2.45, 2.75) is 20.4 Å². The first kappa shape index (κ1) is 19.5. The second kappa shape index (κ2) is 9.08. The Bertz CT molecular complexity index is 998. The maximum Gasteiger partial charge on any atom is 0.267 e. The maximum absolute atomic E-state index is 12.1. The number of aromatic nitrogens is 2. The molecule has 0 saturated heterocycles. The molecule has 3 aromatic rings. The van der Waals surface area contributed by atoms with Crippen LogP contribution in [0.15, 0.2) is 59.4 Å². The highest BCUT2D eigenvalue weighted by molar-refractivity contribution is 5.39. The Balaban J connectivity index is 1.60. The monoisotopic (exact) mass is 379 g/mol. The summed E-state index contributed by atoms with van der Waals surface area (Å²) in [5, 5.41) is 7.60. The summed E-state index contributed by atoms with van der Waals surface area (Å²) in [5.41, 5.74) is 3.35. The molecule has 3 rings (SSSR count). The standard InChI is InChI=1S/C22H25N3O3/c1-16-8-9-18(14-17(16)2)15-25-22(26)11-10-21(24-25)23-12-13-28-20-7-5-4-6-19(20)27-3/h4-11,14H,12-13,15H2,1-3H3,(H,23,24). The van der Waals surface area contributed by atoms with Gasteiger partial charge >= 0.3 is 0 Å². The average molecular weight is 379 g/mol. The number of hydrogen-bond acceptors (Lipinski definition) is 5. The third-order valence-corrected chi connectivity index (χ3v) is 4.51. The van der Waals surface area contributed by atoms with Crippen LogP contribution in [-0.4, -0.2) is 30.0 Å². The fraction of sp³-hybridized carbons (Fsp3) is 0.273. The molecule has 146 valence electrons. The highest BCUT2D eigenvalue weighted by atomic mass is 16.5. The van der Waals surface area contributed by atoms with Gasteiger partial charge in [-0.2, -0.15) is 5.10 Å². The highest BCUT2D eigenvalue weighted by Gasteiger charge is 2.05. The number of ether oxygens (including phenoxy) is 2. The van der Waals surface area contributed by atoms with Gasteiger partial charge in [-0.3, -0.25) is 4.79 Å². The van der Waals surface area contributed by atoms with E-state index in [-0.39, 0.29) is 5.56 Å². The van der Waals surface area contributed by atoms with Crippen molar-refractivity contribution in [3.63, 3.8) is 0 Å². The third kappa shape index (κ3) is 4.91. The molecule has 0 aliphatic rings. The quantitative estimate of drug-likeness (QED) is 0.608. The number of rotatable bonds is 8. The van der Waals surface area contributed by atoms with Crippen LogP contribution in [0.3, 0.4) is 0 Å². The molecule has 0 amide bonds. The topological polar surface area (TPSA) is 65.4 Å². The molecule has 0 saturated carbocycles. The van der Waals surface area contributed by atoms with Gasteiger partial charge in [0.15, 0.2) is 11.5 Å². The number of aryl methyl sites for hydroxylation is 2. The van der Waals surface area contributed by atoms with Crippen LogP contribution < -0.4 is 20.3 Å². The third-order valence-electron chi connectivity index (χ3n) is 4.51. The van der Waals surface area contributed by atoms with E-state index in [0.717, 1.165) is 5.56 Å². The van der Waals surface area contributed by atoms with Crippen molar-refractivity contribution in [2.24, 2.45) is 0 Å². The lowest BCUT2D eigenvalue weighted by Gasteiger charge is -2.12. The molecule has 6 heteroatoms. The van der Waals surface area contributed by atoms with E-state index in [9.17, 15) is 4.79 Å². The van der Waals surface area contributed by atoms with Gasteiger partial charge in [0.05, 0.1) is 20.2 Å². The van der Waals surface area contributed by atoms with E-state index in [1.807, 2.05) is 30.3 Å². The van der Waals surface area contributed by atoms with Gasteiger partial charge in [0.1, 0.15) is 12.4 Å². The van der Waals surface area contributed by atoms with Crippen molar-refractivity contribution >= 4 is 5.82 Å². The summed E-state index contributed by atoms with van der Waals surface area (Å²) in [5.74, 6) is 2.02. The number of nitrogens with one attached hydrogen (secondary N) is 1. The molecule has 1 N–H and O–H groups in total. The van der Waals surface area contributed by atoms with Crippen molar-refractivity contribution in [1.29, 1.82) is 0 Å². The summed E-state index contributed by atoms with van der Waals surface area (Å²) < 4.78 is 12.5. The Morgan fingerprint density at radius 1 is 1.00 bits per heavy atom. The van der Waals surface area contributed by atoms with E-state index in [1.54, 1.807) is 13.2 Å². The predicted molar refractivity (Wildman–Crippen MR) is 110 cm³/mol. The molecule has 1 heterocycles. The minimum atomic E-state index is -0.131. The first-order valence-electron chi connectivity index (χ1n) is 9.21. The van der Waals surface area contributed by atoms with Crippen molar-refractivity contribution in [2.75, 3.05) is 25.6 Å². The fourth-order valence-electron chi connectivity index (χ4n) is 2.81. The molecule has 0 radical (unpaired) electrons. The molecule has 0 aliphatic carbocycles. The minimum absolute atomic E-state index is 0.131. The van der Waals surface area contributed by atoms with Gasteiger partial charge in [-0.1, -0.05) is 30.3 Å². The molecule has 0 bridgehead atoms. The normalized spacial score (nSPS) is 10.5. The van der Waals surface area contributed by atoms with Crippen molar-refractivity contribution in [3.8, 4) is 11.5 Å². The zero-order valence-electron chi connectivity index (χ0n) is 16.4. The van der Waals surface area contributed by atoms with E-state index in [4.69, 9.17) is 9.47 Å². The summed E-state index contributed by atoms with van der Waals surface area (Å²) >= 11 is 0. The lowest BCUT2D eigenvalue weighted by atomic mass is 10.1. The second-order valence-electron chi connectivity index (χ2n) is 6.56. The molecule has 0 fully saturated rings. The molecular weight excluding hydrogens is 354 g/mol. The Kier molecular flexibility index (Phi) is 6.32. The fourth-order valence-corrected chi connectivity index (χ4v) is 2.81. The number of hydrogen-bond donors (Lipinski definition) is 1. The molecule has 1 aromatic heterocycles. The van der Waals surface area contributed by atoms with E-state index >= 15 is 0 Å². The summed E-state index contributed by atoms with van der Waals surface area (Å²) in [6.07, 6.45) is 0. The Morgan fingerprint density at radius 2 is 1.79 bits per heavy atom. The second-order valence-corrected chi connectivity index (χ2v) is 6.56. The Labute approximate surface area is 164 Å². The highest BCUT2D eigenvalue weighted by Crippen LogP contribution is 2.25. The van der Waals surface area contributed by atoms with Gasteiger partial charge in [0.2, 0.25) is 0 Å². The van der Waals surface area contributed by atoms with Crippen LogP contribution in [0.2, 0.25) is 0 Å². The smallest absolute Gasteiger partial charge is 0.267 e. The predicted octanol–water partition coefficient (Wildman–Crippen LogP) is 3.41. The van der Waals surface area contributed by atoms with E-state index in [0.29, 0.717) is 37.0 Å². The Hall–Kier alpha value is -3.28. The van der Waals surface area contributed by atoms with Crippen LogP contribution in [0.4, 0.5) is 5.82 Å². The molecular formula is C22H25N3O3. The van der Waals surface area contributed by atoms with Crippen molar-refractivity contribution in [3.05, 3.63) is 81.6 Å². The van der Waals surface area contributed by atoms with E-state index < -0.39 is 0 Å². The molecule has 0 atom stereocenters. The number of methoxy groups -OCH3 is 1. The van der Waals surface area contributed by atoms with Gasteiger partial charge < -0.3 is 14.8 Å². The maximum atomic E-state index is 12.1.